The maximum atomic E-state index is 13.5. The molecule has 0 unspecified atom stereocenters. The van der Waals surface area contributed by atoms with Gasteiger partial charge in [-0.2, -0.15) is 18.4 Å². The van der Waals surface area contributed by atoms with Crippen LogP contribution in [0.25, 0.3) is 10.6 Å². The number of anilines is 1. The summed E-state index contributed by atoms with van der Waals surface area (Å²) in [5.74, 6) is -0.803. The molecule has 0 atom stereocenters. The SMILES string of the molecule is CC(=O)Nc1ccc(C(=O)CSc2nc(-c3cccs3)cc(C(F)(F)F)c2C#N)cc1. The summed E-state index contributed by atoms with van der Waals surface area (Å²) in [6, 6.07) is 11.9. The van der Waals surface area contributed by atoms with Crippen molar-refractivity contribution in [3.05, 3.63) is 64.5 Å². The number of carbonyl (C=O) groups is 2. The summed E-state index contributed by atoms with van der Waals surface area (Å²) in [5.41, 5.74) is -0.750. The molecule has 1 amide bonds. The van der Waals surface area contributed by atoms with Crippen LogP contribution < -0.4 is 5.32 Å². The first-order valence-corrected chi connectivity index (χ1v) is 10.7. The molecule has 0 aliphatic heterocycles. The number of aromatic nitrogens is 1. The van der Waals surface area contributed by atoms with Crippen molar-refractivity contribution in [3.8, 4) is 16.6 Å². The summed E-state index contributed by atoms with van der Waals surface area (Å²) in [4.78, 5) is 28.3. The highest BCUT2D eigenvalue weighted by Crippen LogP contribution is 2.38. The number of nitriles is 1. The predicted molar refractivity (Wildman–Crippen MR) is 113 cm³/mol. The number of amides is 1. The second kappa shape index (κ2) is 9.32. The molecule has 1 aromatic carbocycles. The Bertz CT molecular complexity index is 1150. The molecule has 0 spiro atoms. The van der Waals surface area contributed by atoms with Crippen molar-refractivity contribution in [1.29, 1.82) is 5.26 Å². The van der Waals surface area contributed by atoms with Gasteiger partial charge in [0, 0.05) is 18.2 Å². The summed E-state index contributed by atoms with van der Waals surface area (Å²) < 4.78 is 40.6. The van der Waals surface area contributed by atoms with Crippen LogP contribution in [-0.2, 0) is 11.0 Å². The number of nitrogens with one attached hydrogen (secondary N) is 1. The van der Waals surface area contributed by atoms with E-state index in [9.17, 15) is 28.0 Å². The highest BCUT2D eigenvalue weighted by molar-refractivity contribution is 8.00. The van der Waals surface area contributed by atoms with Crippen LogP contribution in [0.5, 0.6) is 0 Å². The zero-order valence-corrected chi connectivity index (χ0v) is 17.6. The Morgan fingerprint density at radius 2 is 1.94 bits per heavy atom. The third kappa shape index (κ3) is 5.51. The smallest absolute Gasteiger partial charge is 0.326 e. The number of carbonyl (C=O) groups excluding carboxylic acids is 2. The molecule has 3 rings (SSSR count). The predicted octanol–water partition coefficient (Wildman–Crippen LogP) is 5.63. The van der Waals surface area contributed by atoms with Crippen molar-refractivity contribution in [1.82, 2.24) is 4.98 Å². The minimum atomic E-state index is -4.74. The summed E-state index contributed by atoms with van der Waals surface area (Å²) in [6.45, 7) is 1.36. The number of thioether (sulfide) groups is 1. The lowest BCUT2D eigenvalue weighted by Gasteiger charge is -2.13. The van der Waals surface area contributed by atoms with Crippen LogP contribution in [0.1, 0.15) is 28.4 Å². The van der Waals surface area contributed by atoms with Crippen molar-refractivity contribution in [3.63, 3.8) is 0 Å². The second-order valence-electron chi connectivity index (χ2n) is 6.29. The quantitative estimate of drug-likeness (QED) is 0.380. The number of hydrogen-bond acceptors (Lipinski definition) is 6. The van der Waals surface area contributed by atoms with Crippen molar-refractivity contribution in [2.75, 3.05) is 11.1 Å². The summed E-state index contributed by atoms with van der Waals surface area (Å²) >= 11 is 2.01. The van der Waals surface area contributed by atoms with Gasteiger partial charge in [0.05, 0.1) is 27.5 Å². The van der Waals surface area contributed by atoms with Crippen LogP contribution in [0.15, 0.2) is 52.9 Å². The van der Waals surface area contributed by atoms with Crippen LogP contribution in [-0.4, -0.2) is 22.4 Å². The van der Waals surface area contributed by atoms with E-state index < -0.39 is 17.3 Å². The highest BCUT2D eigenvalue weighted by atomic mass is 32.2. The first-order valence-electron chi connectivity index (χ1n) is 8.79. The van der Waals surface area contributed by atoms with E-state index in [4.69, 9.17) is 0 Å². The van der Waals surface area contributed by atoms with E-state index in [1.54, 1.807) is 35.7 Å². The summed E-state index contributed by atoms with van der Waals surface area (Å²) in [6.07, 6.45) is -4.74. The van der Waals surface area contributed by atoms with E-state index in [-0.39, 0.29) is 28.2 Å². The van der Waals surface area contributed by atoms with Gasteiger partial charge in [-0.3, -0.25) is 9.59 Å². The molecular formula is C21H14F3N3O2S2. The highest BCUT2D eigenvalue weighted by Gasteiger charge is 2.36. The second-order valence-corrected chi connectivity index (χ2v) is 8.20. The van der Waals surface area contributed by atoms with Gasteiger partial charge in [0.1, 0.15) is 11.1 Å². The number of Topliss-reactive ketones (excluding diaryl/α,β-unsaturated/α-hetero) is 1. The molecular weight excluding hydrogens is 447 g/mol. The van der Waals surface area contributed by atoms with Crippen LogP contribution in [0, 0.1) is 11.3 Å². The third-order valence-electron chi connectivity index (χ3n) is 4.04. The molecule has 31 heavy (non-hydrogen) atoms. The number of nitrogens with zero attached hydrogens (tertiary/aromatic N) is 2. The van der Waals surface area contributed by atoms with Crippen molar-refractivity contribution < 1.29 is 22.8 Å². The Morgan fingerprint density at radius 3 is 2.48 bits per heavy atom. The van der Waals surface area contributed by atoms with Crippen LogP contribution in [0.4, 0.5) is 18.9 Å². The average molecular weight is 461 g/mol. The Morgan fingerprint density at radius 1 is 1.23 bits per heavy atom. The van der Waals surface area contributed by atoms with Gasteiger partial charge >= 0.3 is 6.18 Å². The van der Waals surface area contributed by atoms with Crippen molar-refractivity contribution in [2.45, 2.75) is 18.1 Å². The number of halogens is 3. The standard InChI is InChI=1S/C21H14F3N3O2S2/c1-12(28)26-14-6-4-13(5-7-14)18(29)11-31-20-15(10-25)16(21(22,23)24)9-17(27-20)19-3-2-8-30-19/h2-9H,11H2,1H3,(H,26,28). The molecule has 0 saturated heterocycles. The number of ketones is 1. The number of benzene rings is 1. The van der Waals surface area contributed by atoms with Crippen LogP contribution in [0.2, 0.25) is 0 Å². The fourth-order valence-electron chi connectivity index (χ4n) is 2.67. The molecule has 0 fully saturated rings. The first-order chi connectivity index (χ1) is 14.7. The van der Waals surface area contributed by atoms with Gasteiger partial charge in [-0.05, 0) is 41.8 Å². The van der Waals surface area contributed by atoms with E-state index in [1.807, 2.05) is 0 Å². The fraction of sp³-hybridized carbons (Fsp3) is 0.143. The Hall–Kier alpha value is -3.16. The molecule has 158 valence electrons. The zero-order valence-electron chi connectivity index (χ0n) is 16.0. The number of rotatable bonds is 6. The van der Waals surface area contributed by atoms with E-state index in [2.05, 4.69) is 10.3 Å². The molecule has 0 saturated carbocycles. The molecule has 2 aromatic heterocycles. The largest absolute Gasteiger partial charge is 0.417 e. The van der Waals surface area contributed by atoms with E-state index in [0.29, 0.717) is 16.1 Å². The van der Waals surface area contributed by atoms with Gasteiger partial charge in [-0.25, -0.2) is 4.98 Å². The molecule has 0 radical (unpaired) electrons. The number of thiophene rings is 1. The number of pyridine rings is 1. The molecule has 10 heteroatoms. The lowest BCUT2D eigenvalue weighted by molar-refractivity contribution is -0.138. The monoisotopic (exact) mass is 461 g/mol. The number of alkyl halides is 3. The maximum Gasteiger partial charge on any atom is 0.417 e. The average Bonchev–Trinajstić information content (AvgIpc) is 3.25. The zero-order chi connectivity index (χ0) is 22.6. The Labute approximate surface area is 183 Å². The molecule has 0 aliphatic rings. The summed E-state index contributed by atoms with van der Waals surface area (Å²) in [7, 11) is 0. The van der Waals surface area contributed by atoms with Crippen LogP contribution in [0.3, 0.4) is 0 Å². The van der Waals surface area contributed by atoms with Gasteiger partial charge in [-0.15, -0.1) is 11.3 Å². The first kappa shape index (κ1) is 22.5. The molecule has 0 bridgehead atoms. The van der Waals surface area contributed by atoms with E-state index in [0.717, 1.165) is 17.8 Å². The normalized spacial score (nSPS) is 11.1. The van der Waals surface area contributed by atoms with Gasteiger partial charge < -0.3 is 5.32 Å². The topological polar surface area (TPSA) is 82.8 Å². The maximum absolute atomic E-state index is 13.5. The minimum Gasteiger partial charge on any atom is -0.326 e. The van der Waals surface area contributed by atoms with Gasteiger partial charge in [0.15, 0.2) is 5.78 Å². The molecule has 3 aromatic rings. The van der Waals surface area contributed by atoms with E-state index >= 15 is 0 Å². The lowest BCUT2D eigenvalue weighted by Crippen LogP contribution is -2.11. The molecule has 1 N–H and O–H groups in total. The fourth-order valence-corrected chi connectivity index (χ4v) is 4.25. The minimum absolute atomic E-state index is 0.0935. The Balaban J connectivity index is 1.88. The van der Waals surface area contributed by atoms with Gasteiger partial charge in [0.25, 0.3) is 0 Å². The molecule has 0 aliphatic carbocycles. The van der Waals surface area contributed by atoms with Crippen LogP contribution >= 0.6 is 23.1 Å². The molecule has 5 nitrogen and oxygen atoms in total. The Kier molecular flexibility index (Phi) is 6.77. The van der Waals surface area contributed by atoms with Crippen molar-refractivity contribution in [2.24, 2.45) is 0 Å². The van der Waals surface area contributed by atoms with Crippen molar-refractivity contribution >= 4 is 40.5 Å². The number of hydrogen-bond donors (Lipinski definition) is 1. The van der Waals surface area contributed by atoms with Gasteiger partial charge in [0.2, 0.25) is 5.91 Å². The molecule has 2 heterocycles. The van der Waals surface area contributed by atoms with Gasteiger partial charge in [-0.1, -0.05) is 17.8 Å². The third-order valence-corrected chi connectivity index (χ3v) is 5.91. The van der Waals surface area contributed by atoms with E-state index in [1.165, 1.54) is 30.4 Å². The lowest BCUT2D eigenvalue weighted by atomic mass is 10.1. The summed E-state index contributed by atoms with van der Waals surface area (Å²) in [5, 5.41) is 13.5.